The zero-order chi connectivity index (χ0) is 20.1. The van der Waals surface area contributed by atoms with Crippen LogP contribution in [0.15, 0.2) is 36.5 Å². The largest absolute Gasteiger partial charge is 0.398 e. The fourth-order valence-electron chi connectivity index (χ4n) is 3.09. The molecule has 5 nitrogen and oxygen atoms in total. The lowest BCUT2D eigenvalue weighted by Gasteiger charge is -2.14. The number of alkyl halides is 3. The van der Waals surface area contributed by atoms with Gasteiger partial charge in [0.15, 0.2) is 5.65 Å². The Kier molecular flexibility index (Phi) is 4.36. The highest BCUT2D eigenvalue weighted by Gasteiger charge is 2.40. The van der Waals surface area contributed by atoms with E-state index in [0.717, 1.165) is 36.5 Å². The van der Waals surface area contributed by atoms with E-state index in [4.69, 9.17) is 0 Å². The Morgan fingerprint density at radius 3 is 2.64 bits per heavy atom. The molecule has 2 aromatic heterocycles. The number of nitrogens with zero attached hydrogens (tertiary/aromatic N) is 3. The minimum absolute atomic E-state index is 0.117. The first-order valence-electron chi connectivity index (χ1n) is 9.07. The van der Waals surface area contributed by atoms with Gasteiger partial charge in [0.2, 0.25) is 0 Å². The third kappa shape index (κ3) is 3.46. The van der Waals surface area contributed by atoms with Crippen molar-refractivity contribution in [3.05, 3.63) is 53.5 Å². The van der Waals surface area contributed by atoms with Crippen LogP contribution in [-0.4, -0.2) is 32.7 Å². The zero-order valence-electron chi connectivity index (χ0n) is 15.4. The molecule has 1 aliphatic carbocycles. The van der Waals surface area contributed by atoms with Crippen LogP contribution in [0.1, 0.15) is 47.4 Å². The number of pyridine rings is 1. The highest BCUT2D eigenvalue weighted by atomic mass is 19.4. The van der Waals surface area contributed by atoms with Gasteiger partial charge in [-0.25, -0.2) is 0 Å². The van der Waals surface area contributed by atoms with Crippen LogP contribution in [0.2, 0.25) is 0 Å². The average Bonchev–Trinajstić information content (AvgIpc) is 3.36. The van der Waals surface area contributed by atoms with Crippen LogP contribution in [0, 0.1) is 6.92 Å². The van der Waals surface area contributed by atoms with Crippen molar-refractivity contribution < 1.29 is 18.0 Å². The number of carbonyl (C=O) groups is 1. The lowest BCUT2D eigenvalue weighted by atomic mass is 9.98. The highest BCUT2D eigenvalue weighted by molar-refractivity contribution is 5.96. The molecule has 1 aromatic carbocycles. The second-order valence-corrected chi connectivity index (χ2v) is 7.24. The number of benzene rings is 1. The van der Waals surface area contributed by atoms with Crippen molar-refractivity contribution in [1.82, 2.24) is 19.9 Å². The summed E-state index contributed by atoms with van der Waals surface area (Å²) in [6.07, 6.45) is -0.834. The Balaban J connectivity index is 1.70. The third-order valence-electron chi connectivity index (χ3n) is 5.04. The molecule has 1 atom stereocenters. The Bertz CT molecular complexity index is 1050. The number of rotatable bonds is 4. The van der Waals surface area contributed by atoms with E-state index in [0.29, 0.717) is 11.2 Å². The van der Waals surface area contributed by atoms with E-state index in [-0.39, 0.29) is 17.8 Å². The first-order chi connectivity index (χ1) is 13.2. The van der Waals surface area contributed by atoms with Crippen molar-refractivity contribution in [1.29, 1.82) is 0 Å². The van der Waals surface area contributed by atoms with E-state index >= 15 is 0 Å². The minimum atomic E-state index is -4.39. The predicted octanol–water partition coefficient (Wildman–Crippen LogP) is 4.26. The van der Waals surface area contributed by atoms with Gasteiger partial charge in [-0.1, -0.05) is 6.07 Å². The molecule has 28 heavy (non-hydrogen) atoms. The molecule has 3 aromatic rings. The van der Waals surface area contributed by atoms with Gasteiger partial charge in [-0.05, 0) is 67.6 Å². The molecule has 146 valence electrons. The van der Waals surface area contributed by atoms with Gasteiger partial charge in [0.1, 0.15) is 11.7 Å². The molecule has 1 saturated carbocycles. The Morgan fingerprint density at radius 1 is 1.21 bits per heavy atom. The monoisotopic (exact) mass is 388 g/mol. The molecule has 1 amide bonds. The molecule has 0 bridgehead atoms. The topological polar surface area (TPSA) is 59.3 Å². The molecule has 0 radical (unpaired) electrons. The van der Waals surface area contributed by atoms with Gasteiger partial charge < -0.3 is 5.32 Å². The van der Waals surface area contributed by atoms with E-state index in [1.165, 1.54) is 4.40 Å². The number of carbonyl (C=O) groups excluding carboxylic acids is 1. The smallest absolute Gasteiger partial charge is 0.349 e. The normalized spacial score (nSPS) is 15.6. The maximum absolute atomic E-state index is 13.0. The van der Waals surface area contributed by atoms with E-state index < -0.39 is 12.1 Å². The molecule has 1 unspecified atom stereocenters. The van der Waals surface area contributed by atoms with Crippen LogP contribution in [-0.2, 0) is 0 Å². The van der Waals surface area contributed by atoms with Gasteiger partial charge in [0, 0.05) is 17.8 Å². The molecule has 8 heteroatoms. The van der Waals surface area contributed by atoms with Crippen LogP contribution in [0.5, 0.6) is 0 Å². The van der Waals surface area contributed by atoms with Crippen LogP contribution in [0.4, 0.5) is 13.2 Å². The first kappa shape index (κ1) is 18.5. The lowest BCUT2D eigenvalue weighted by molar-refractivity contribution is -0.148. The van der Waals surface area contributed by atoms with E-state index in [1.54, 1.807) is 30.5 Å². The summed E-state index contributed by atoms with van der Waals surface area (Å²) in [5, 5.41) is 10.6. The molecular weight excluding hydrogens is 369 g/mol. The Morgan fingerprint density at radius 2 is 1.96 bits per heavy atom. The first-order valence-corrected chi connectivity index (χ1v) is 9.07. The van der Waals surface area contributed by atoms with Gasteiger partial charge >= 0.3 is 6.18 Å². The third-order valence-corrected chi connectivity index (χ3v) is 5.04. The quantitative estimate of drug-likeness (QED) is 0.726. The number of hydrogen-bond donors (Lipinski definition) is 1. The van der Waals surface area contributed by atoms with E-state index in [2.05, 4.69) is 15.5 Å². The SMILES string of the molecule is Cc1ccc(C(=O)NC2CC2)cc1-c1ccn2c(C(C)C(F)(F)F)nnc2c1. The van der Waals surface area contributed by atoms with Gasteiger partial charge in [-0.3, -0.25) is 9.20 Å². The predicted molar refractivity (Wildman–Crippen MR) is 98.1 cm³/mol. The molecule has 0 spiro atoms. The summed E-state index contributed by atoms with van der Waals surface area (Å²) >= 11 is 0. The lowest BCUT2D eigenvalue weighted by Crippen LogP contribution is -2.25. The van der Waals surface area contributed by atoms with Crippen LogP contribution < -0.4 is 5.32 Å². The highest BCUT2D eigenvalue weighted by Crippen LogP contribution is 2.34. The molecule has 4 rings (SSSR count). The Hall–Kier alpha value is -2.90. The number of hydrogen-bond acceptors (Lipinski definition) is 3. The summed E-state index contributed by atoms with van der Waals surface area (Å²) in [6.45, 7) is 2.99. The van der Waals surface area contributed by atoms with Crippen molar-refractivity contribution in [2.45, 2.75) is 44.8 Å². The minimum Gasteiger partial charge on any atom is -0.349 e. The zero-order valence-corrected chi connectivity index (χ0v) is 15.4. The molecular formula is C20H19F3N4O. The fraction of sp³-hybridized carbons (Fsp3) is 0.350. The number of aryl methyl sites for hydroxylation is 1. The van der Waals surface area contributed by atoms with E-state index in [1.807, 2.05) is 13.0 Å². The number of halogens is 3. The number of fused-ring (bicyclic) bond motifs is 1. The van der Waals surface area contributed by atoms with Gasteiger partial charge in [0.05, 0.1) is 0 Å². The fourth-order valence-corrected chi connectivity index (χ4v) is 3.09. The molecule has 1 fully saturated rings. The summed E-state index contributed by atoms with van der Waals surface area (Å²) in [7, 11) is 0. The maximum atomic E-state index is 13.0. The number of amides is 1. The van der Waals surface area contributed by atoms with Gasteiger partial charge in [-0.15, -0.1) is 10.2 Å². The van der Waals surface area contributed by atoms with E-state index in [9.17, 15) is 18.0 Å². The number of nitrogens with one attached hydrogen (secondary N) is 1. The van der Waals surface area contributed by atoms with Crippen molar-refractivity contribution >= 4 is 11.6 Å². The number of aromatic nitrogens is 3. The van der Waals surface area contributed by atoms with Crippen LogP contribution >= 0.6 is 0 Å². The second-order valence-electron chi connectivity index (χ2n) is 7.24. The Labute approximate surface area is 159 Å². The van der Waals surface area contributed by atoms with Crippen LogP contribution in [0.25, 0.3) is 16.8 Å². The maximum Gasteiger partial charge on any atom is 0.398 e. The molecule has 2 heterocycles. The standard InChI is InChI=1S/C20H19F3N4O/c1-11-3-4-14(19(28)24-15-5-6-15)9-16(11)13-7-8-27-17(10-13)25-26-18(27)12(2)20(21,22)23/h3-4,7-10,12,15H,5-6H2,1-2H3,(H,24,28). The summed E-state index contributed by atoms with van der Waals surface area (Å²) in [5.41, 5.74) is 3.44. The molecule has 1 N–H and O–H groups in total. The van der Waals surface area contributed by atoms with Crippen molar-refractivity contribution in [2.75, 3.05) is 0 Å². The van der Waals surface area contributed by atoms with Gasteiger partial charge in [-0.2, -0.15) is 13.2 Å². The van der Waals surface area contributed by atoms with Crippen molar-refractivity contribution in [2.24, 2.45) is 0 Å². The summed E-state index contributed by atoms with van der Waals surface area (Å²) in [5.74, 6) is -1.98. The molecule has 0 saturated heterocycles. The van der Waals surface area contributed by atoms with Gasteiger partial charge in [0.25, 0.3) is 5.91 Å². The summed E-state index contributed by atoms with van der Waals surface area (Å²) in [6, 6.07) is 9.10. The molecule has 0 aliphatic heterocycles. The summed E-state index contributed by atoms with van der Waals surface area (Å²) in [4.78, 5) is 12.3. The molecule has 1 aliphatic rings. The van der Waals surface area contributed by atoms with Crippen molar-refractivity contribution in [3.8, 4) is 11.1 Å². The second kappa shape index (κ2) is 6.61. The van der Waals surface area contributed by atoms with Crippen LogP contribution in [0.3, 0.4) is 0 Å². The average molecular weight is 388 g/mol. The van der Waals surface area contributed by atoms with Crippen molar-refractivity contribution in [3.63, 3.8) is 0 Å². The summed E-state index contributed by atoms with van der Waals surface area (Å²) < 4.78 is 40.4.